The number of hydrogen-bond donors (Lipinski definition) is 7. The molecular weight excluding hydrogens is 1190 g/mol. The highest BCUT2D eigenvalue weighted by atomic mass is 35.5. The fourth-order valence-corrected chi connectivity index (χ4v) is 12.2. The lowest BCUT2D eigenvalue weighted by atomic mass is 9.95. The van der Waals surface area contributed by atoms with Gasteiger partial charge in [0.15, 0.2) is 5.69 Å². The molecule has 0 saturated carbocycles. The summed E-state index contributed by atoms with van der Waals surface area (Å²) < 4.78 is 53.8. The first kappa shape index (κ1) is 65.0. The van der Waals surface area contributed by atoms with Gasteiger partial charge in [0.05, 0.1) is 70.0 Å². The van der Waals surface area contributed by atoms with Crippen LogP contribution in [0.25, 0.3) is 28.1 Å². The average molecular weight is 1260 g/mol. The molecular formula is C56H71Cl2N11O16S. The van der Waals surface area contributed by atoms with Crippen molar-refractivity contribution < 1.29 is 76.1 Å². The van der Waals surface area contributed by atoms with E-state index in [0.717, 1.165) is 0 Å². The number of likely N-dealkylation sites (tertiary alicyclic amines) is 1. The number of anilines is 1. The third kappa shape index (κ3) is 17.6. The van der Waals surface area contributed by atoms with Gasteiger partial charge in [-0.25, -0.2) is 4.68 Å². The van der Waals surface area contributed by atoms with E-state index in [1.54, 1.807) is 71.6 Å². The average Bonchev–Trinajstić information content (AvgIpc) is 1.61. The molecule has 86 heavy (non-hydrogen) atoms. The Morgan fingerprint density at radius 2 is 1.29 bits per heavy atom. The summed E-state index contributed by atoms with van der Waals surface area (Å²) in [7, 11) is -3.28. The summed E-state index contributed by atoms with van der Waals surface area (Å²) in [6.07, 6.45) is 0.687. The van der Waals surface area contributed by atoms with Gasteiger partial charge in [0, 0.05) is 117 Å². The third-order valence-electron chi connectivity index (χ3n) is 15.3. The Labute approximate surface area is 506 Å². The standard InChI is InChI=1S/C56H71Cl2N11O16S/c1-56(2)34-84-20-19-68(56)55(79)52-43-32-85-46-26-45(83-3)41(25-42(46)53(43)69(62-52)40-23-36(57)22-37(58)24-40)35-5-4-6-39(21-35)59-47(70)27-63-9-7-38(8-10-63)60-54(78)44(33-86(80,81)82)61-48(71)28-64-11-13-65(29-49(72)73)15-17-67(31-51(76)77)18-16-66(14-12-64)30-50(74)75/h4-6,21-26,38,44H,7-20,27-34H2,1-3H3,(H,59,70)(H,60,78)(H,61,71)(H,72,73)(H,74,75)(H,76,77)(H,80,81,82)/t44-/m0/s1. The molecule has 3 fully saturated rings. The number of fused-ring (bicyclic) bond motifs is 3. The molecule has 5 heterocycles. The van der Waals surface area contributed by atoms with E-state index >= 15 is 0 Å². The van der Waals surface area contributed by atoms with Crippen molar-refractivity contribution in [2.45, 2.75) is 50.9 Å². The highest BCUT2D eigenvalue weighted by Gasteiger charge is 2.40. The Balaban J connectivity index is 0.903. The number of ether oxygens (including phenoxy) is 3. The predicted octanol–water partition coefficient (Wildman–Crippen LogP) is 2.03. The van der Waals surface area contributed by atoms with E-state index in [2.05, 4.69) is 16.0 Å². The molecule has 0 spiro atoms. The smallest absolute Gasteiger partial charge is 0.317 e. The first-order valence-corrected chi connectivity index (χ1v) is 30.2. The van der Waals surface area contributed by atoms with Crippen LogP contribution in [0.1, 0.15) is 42.7 Å². The molecule has 30 heteroatoms. The number of aliphatic carboxylic acids is 3. The third-order valence-corrected chi connectivity index (χ3v) is 16.4. The number of benzene rings is 3. The summed E-state index contributed by atoms with van der Waals surface area (Å²) in [5, 5.41) is 42.4. The van der Waals surface area contributed by atoms with E-state index in [9.17, 15) is 61.9 Å². The molecule has 8 rings (SSSR count). The first-order valence-electron chi connectivity index (χ1n) is 27.9. The first-order chi connectivity index (χ1) is 40.8. The second-order valence-electron chi connectivity index (χ2n) is 22.2. The number of aromatic nitrogens is 2. The number of rotatable bonds is 20. The lowest BCUT2D eigenvalue weighted by Crippen LogP contribution is -2.56. The molecule has 27 nitrogen and oxygen atoms in total. The maximum Gasteiger partial charge on any atom is 0.317 e. The number of carbonyl (C=O) groups excluding carboxylic acids is 4. The fourth-order valence-electron chi connectivity index (χ4n) is 11.0. The number of amides is 4. The maximum atomic E-state index is 14.5. The zero-order chi connectivity index (χ0) is 62.0. The number of carbonyl (C=O) groups is 7. The second-order valence-corrected chi connectivity index (χ2v) is 24.6. The number of nitrogens with one attached hydrogen (secondary N) is 3. The summed E-state index contributed by atoms with van der Waals surface area (Å²) in [4.78, 5) is 100. The van der Waals surface area contributed by atoms with E-state index < -0.39 is 69.8 Å². The molecule has 0 unspecified atom stereocenters. The van der Waals surface area contributed by atoms with Crippen LogP contribution in [0.4, 0.5) is 5.69 Å². The molecule has 1 atom stereocenters. The highest BCUT2D eigenvalue weighted by molar-refractivity contribution is 7.85. The summed E-state index contributed by atoms with van der Waals surface area (Å²) in [5.74, 6) is -5.87. The van der Waals surface area contributed by atoms with Crippen LogP contribution in [0, 0.1) is 0 Å². The number of nitrogens with zero attached hydrogens (tertiary/aromatic N) is 8. The van der Waals surface area contributed by atoms with Crippen LogP contribution < -0.4 is 25.4 Å². The van der Waals surface area contributed by atoms with Crippen LogP contribution >= 0.6 is 23.2 Å². The minimum Gasteiger partial charge on any atom is -0.496 e. The molecule has 3 aromatic carbocycles. The number of hydrogen-bond acceptors (Lipinski definition) is 18. The molecule has 4 aliphatic rings. The molecule has 4 aromatic rings. The zero-order valence-corrected chi connectivity index (χ0v) is 50.2. The Morgan fingerprint density at radius 3 is 1.84 bits per heavy atom. The van der Waals surface area contributed by atoms with Gasteiger partial charge < -0.3 is 50.4 Å². The normalized spacial score (nSPS) is 18.2. The van der Waals surface area contributed by atoms with Crippen LogP contribution in [0.15, 0.2) is 54.6 Å². The van der Waals surface area contributed by atoms with Gasteiger partial charge in [-0.2, -0.15) is 13.5 Å². The number of piperidine rings is 1. The summed E-state index contributed by atoms with van der Waals surface area (Å²) in [6, 6.07) is 13.6. The quantitative estimate of drug-likeness (QED) is 0.0623. The number of methoxy groups -OCH3 is 1. The van der Waals surface area contributed by atoms with E-state index in [4.69, 9.17) is 42.5 Å². The van der Waals surface area contributed by atoms with Crippen molar-refractivity contribution in [2.75, 3.05) is 136 Å². The van der Waals surface area contributed by atoms with Gasteiger partial charge in [-0.1, -0.05) is 35.3 Å². The van der Waals surface area contributed by atoms with E-state index in [0.29, 0.717) is 107 Å². The minimum absolute atomic E-state index is 0.0172. The molecule has 0 radical (unpaired) electrons. The maximum absolute atomic E-state index is 14.5. The van der Waals surface area contributed by atoms with Crippen molar-refractivity contribution in [3.05, 3.63) is 75.9 Å². The van der Waals surface area contributed by atoms with Gasteiger partial charge in [-0.05, 0) is 68.7 Å². The van der Waals surface area contributed by atoms with Crippen molar-refractivity contribution in [1.82, 2.24) is 49.8 Å². The summed E-state index contributed by atoms with van der Waals surface area (Å²) in [5.41, 5.74) is 3.66. The van der Waals surface area contributed by atoms with Gasteiger partial charge in [0.25, 0.3) is 16.0 Å². The molecule has 3 saturated heterocycles. The van der Waals surface area contributed by atoms with Crippen LogP contribution in [0.2, 0.25) is 10.0 Å². The van der Waals surface area contributed by atoms with Crippen LogP contribution in [0.3, 0.4) is 0 Å². The SMILES string of the molecule is COc1cc2c(cc1-c1cccc(NC(=O)CN3CCC(NC(=O)[C@H](CS(=O)(=O)O)NC(=O)CN4CCN(CC(=O)O)CCN(CC(=O)O)CCN(CC(=O)O)CC4)CC3)c1)-c1c(c(C(=O)N3CCOCC3(C)C)nn1-c1cc(Cl)cc(Cl)c1)CO2. The van der Waals surface area contributed by atoms with E-state index in [1.807, 2.05) is 30.9 Å². The summed E-state index contributed by atoms with van der Waals surface area (Å²) >= 11 is 13.1. The summed E-state index contributed by atoms with van der Waals surface area (Å²) in [6.45, 7) is 5.11. The second kappa shape index (κ2) is 28.7. The topological polar surface area (TPSA) is 336 Å². The van der Waals surface area contributed by atoms with Crippen molar-refractivity contribution in [3.63, 3.8) is 0 Å². The van der Waals surface area contributed by atoms with Crippen molar-refractivity contribution in [3.8, 4) is 39.6 Å². The van der Waals surface area contributed by atoms with E-state index in [-0.39, 0.29) is 103 Å². The number of halogens is 2. The van der Waals surface area contributed by atoms with Gasteiger partial charge >= 0.3 is 17.9 Å². The molecule has 0 bridgehead atoms. The fraction of sp³-hybridized carbons (Fsp3) is 0.500. The molecule has 466 valence electrons. The van der Waals surface area contributed by atoms with E-state index in [1.165, 1.54) is 7.11 Å². The molecule has 0 aliphatic carbocycles. The molecule has 1 aromatic heterocycles. The zero-order valence-electron chi connectivity index (χ0n) is 47.8. The Morgan fingerprint density at radius 1 is 0.733 bits per heavy atom. The van der Waals surface area contributed by atoms with Gasteiger partial charge in [0.2, 0.25) is 17.7 Å². The Bertz CT molecular complexity index is 3250. The van der Waals surface area contributed by atoms with Crippen molar-refractivity contribution in [2.24, 2.45) is 0 Å². The highest BCUT2D eigenvalue weighted by Crippen LogP contribution is 2.47. The van der Waals surface area contributed by atoms with Crippen molar-refractivity contribution >= 4 is 80.5 Å². The number of carboxylic acid groups (broad SMARTS) is 3. The van der Waals surface area contributed by atoms with Crippen LogP contribution in [-0.4, -0.2) is 257 Å². The predicted molar refractivity (Wildman–Crippen MR) is 315 cm³/mol. The number of carboxylic acids is 3. The Hall–Kier alpha value is -6.99. The largest absolute Gasteiger partial charge is 0.496 e. The number of morpholine rings is 1. The minimum atomic E-state index is -4.82. The van der Waals surface area contributed by atoms with Crippen LogP contribution in [0.5, 0.6) is 11.5 Å². The van der Waals surface area contributed by atoms with Crippen molar-refractivity contribution in [1.29, 1.82) is 0 Å². The molecule has 7 N–H and O–H groups in total. The van der Waals surface area contributed by atoms with Gasteiger partial charge in [-0.3, -0.25) is 62.6 Å². The Kier molecular flexibility index (Phi) is 21.7. The van der Waals surface area contributed by atoms with Gasteiger partial charge in [0.1, 0.15) is 29.9 Å². The molecule has 4 amide bonds. The van der Waals surface area contributed by atoms with Crippen LogP contribution in [-0.2, 0) is 50.2 Å². The lowest BCUT2D eigenvalue weighted by Gasteiger charge is -2.41. The lowest BCUT2D eigenvalue weighted by molar-refractivity contribution is -0.140. The van der Waals surface area contributed by atoms with Gasteiger partial charge in [-0.15, -0.1) is 0 Å². The monoisotopic (exact) mass is 1260 g/mol. The molecule has 4 aliphatic heterocycles.